The molecule has 6 nitrogen and oxygen atoms in total. The summed E-state index contributed by atoms with van der Waals surface area (Å²) >= 11 is 0. The van der Waals surface area contributed by atoms with Crippen LogP contribution in [0.4, 0.5) is 5.69 Å². The van der Waals surface area contributed by atoms with Gasteiger partial charge in [-0.3, -0.25) is 4.79 Å². The van der Waals surface area contributed by atoms with Crippen LogP contribution in [0.1, 0.15) is 10.6 Å². The third-order valence-electron chi connectivity index (χ3n) is 2.91. The maximum Gasteiger partial charge on any atom is 0.240 e. The van der Waals surface area contributed by atoms with Gasteiger partial charge in [0, 0.05) is 0 Å². The highest BCUT2D eigenvalue weighted by atomic mass is 16.5. The van der Waals surface area contributed by atoms with Crippen molar-refractivity contribution < 1.29 is 13.9 Å². The van der Waals surface area contributed by atoms with Gasteiger partial charge in [-0.2, -0.15) is 0 Å². The average molecular weight is 258 g/mol. The molecule has 1 unspecified atom stereocenters. The smallest absolute Gasteiger partial charge is 0.240 e. The number of para-hydroxylation sites is 2. The number of nitrogens with zero attached hydrogens (tertiary/aromatic N) is 2. The van der Waals surface area contributed by atoms with Crippen LogP contribution in [-0.2, 0) is 0 Å². The van der Waals surface area contributed by atoms with Gasteiger partial charge in [0.1, 0.15) is 11.4 Å². The zero-order valence-electron chi connectivity index (χ0n) is 9.85. The first kappa shape index (κ1) is 11.5. The number of ketones is 1. The van der Waals surface area contributed by atoms with Crippen LogP contribution >= 0.6 is 0 Å². The lowest BCUT2D eigenvalue weighted by Gasteiger charge is -2.29. The fraction of sp³-hybridized carbons (Fsp3) is 0.154. The predicted molar refractivity (Wildman–Crippen MR) is 67.0 cm³/mol. The number of carbonyl (C=O) groups excluding carboxylic acids is 1. The third kappa shape index (κ3) is 1.97. The van der Waals surface area contributed by atoms with Crippen molar-refractivity contribution in [3.63, 3.8) is 0 Å². The Morgan fingerprint density at radius 2 is 2.11 bits per heavy atom. The Kier molecular flexibility index (Phi) is 2.75. The van der Waals surface area contributed by atoms with Crippen LogP contribution in [0.3, 0.4) is 0 Å². The summed E-state index contributed by atoms with van der Waals surface area (Å²) in [5, 5.41) is 4.14. The molecule has 1 aliphatic heterocycles. The summed E-state index contributed by atoms with van der Waals surface area (Å²) < 4.78 is 10.6. The van der Waals surface area contributed by atoms with E-state index < -0.39 is 6.10 Å². The Labute approximate surface area is 108 Å². The van der Waals surface area contributed by atoms with E-state index in [-0.39, 0.29) is 18.1 Å². The Morgan fingerprint density at radius 1 is 1.26 bits per heavy atom. The number of benzene rings is 1. The number of rotatable bonds is 3. The summed E-state index contributed by atoms with van der Waals surface area (Å²) in [6.45, 7) is 0.0695. The van der Waals surface area contributed by atoms with E-state index >= 15 is 0 Å². The lowest BCUT2D eigenvalue weighted by Crippen LogP contribution is -2.42. The van der Waals surface area contributed by atoms with Crippen LogP contribution in [0.15, 0.2) is 52.4 Å². The zero-order chi connectivity index (χ0) is 13.2. The Hall–Kier alpha value is -2.63. The molecule has 0 saturated heterocycles. The van der Waals surface area contributed by atoms with Gasteiger partial charge < -0.3 is 9.15 Å². The first-order valence-corrected chi connectivity index (χ1v) is 5.74. The van der Waals surface area contributed by atoms with Crippen molar-refractivity contribution in [2.45, 2.75) is 6.10 Å². The monoisotopic (exact) mass is 258 g/mol. The minimum absolute atomic E-state index is 0.0695. The van der Waals surface area contributed by atoms with E-state index in [1.165, 1.54) is 11.3 Å². The molecule has 0 fully saturated rings. The molecule has 0 amide bonds. The lowest BCUT2D eigenvalue weighted by molar-refractivity contribution is 0.0758. The van der Waals surface area contributed by atoms with E-state index in [9.17, 15) is 9.70 Å². The minimum Gasteiger partial charge on any atom is -0.478 e. The van der Waals surface area contributed by atoms with Gasteiger partial charge in [-0.05, 0) is 24.3 Å². The quantitative estimate of drug-likeness (QED) is 0.624. The van der Waals surface area contributed by atoms with Crippen LogP contribution in [0, 0.1) is 4.91 Å². The van der Waals surface area contributed by atoms with Gasteiger partial charge in [-0.1, -0.05) is 12.1 Å². The molecular formula is C13H10N2O4. The first-order chi connectivity index (χ1) is 9.29. The molecule has 96 valence electrons. The maximum absolute atomic E-state index is 12.1. The highest BCUT2D eigenvalue weighted by Gasteiger charge is 2.33. The maximum atomic E-state index is 12.1. The Balaban J connectivity index is 1.91. The number of ether oxygens (including phenoxy) is 1. The largest absolute Gasteiger partial charge is 0.478 e. The van der Waals surface area contributed by atoms with Crippen LogP contribution in [0.2, 0.25) is 0 Å². The molecule has 0 radical (unpaired) electrons. The number of hydrogen-bond acceptors (Lipinski definition) is 5. The normalized spacial score (nSPS) is 17.5. The first-order valence-electron chi connectivity index (χ1n) is 5.74. The van der Waals surface area contributed by atoms with Crippen molar-refractivity contribution in [1.29, 1.82) is 0 Å². The Bertz CT molecular complexity index is 609. The van der Waals surface area contributed by atoms with Gasteiger partial charge in [-0.25, -0.2) is 5.01 Å². The van der Waals surface area contributed by atoms with Gasteiger partial charge in [-0.15, -0.1) is 4.91 Å². The molecule has 1 atom stereocenters. The Morgan fingerprint density at radius 3 is 2.84 bits per heavy atom. The van der Waals surface area contributed by atoms with Crippen molar-refractivity contribution in [3.8, 4) is 5.75 Å². The van der Waals surface area contributed by atoms with E-state index in [0.29, 0.717) is 11.4 Å². The fourth-order valence-corrected chi connectivity index (χ4v) is 2.01. The number of furan rings is 1. The highest BCUT2D eigenvalue weighted by Crippen LogP contribution is 2.33. The molecule has 0 bridgehead atoms. The predicted octanol–water partition coefficient (Wildman–Crippen LogP) is 2.41. The molecule has 19 heavy (non-hydrogen) atoms. The summed E-state index contributed by atoms with van der Waals surface area (Å²) in [5.41, 5.74) is 0.556. The molecule has 2 heterocycles. The minimum atomic E-state index is -0.807. The lowest BCUT2D eigenvalue weighted by atomic mass is 10.1. The van der Waals surface area contributed by atoms with E-state index in [4.69, 9.17) is 9.15 Å². The molecule has 6 heteroatoms. The molecule has 1 aromatic heterocycles. The number of anilines is 1. The molecule has 3 rings (SSSR count). The summed E-state index contributed by atoms with van der Waals surface area (Å²) in [5.74, 6) is 0.349. The molecule has 1 aromatic carbocycles. The molecule has 0 saturated carbocycles. The SMILES string of the molecule is O=NN1CC(C(=O)c2ccco2)Oc2ccccc21. The van der Waals surface area contributed by atoms with Gasteiger partial charge in [0.05, 0.1) is 18.1 Å². The van der Waals surface area contributed by atoms with Crippen molar-refractivity contribution in [1.82, 2.24) is 0 Å². The molecule has 0 aliphatic carbocycles. The summed E-state index contributed by atoms with van der Waals surface area (Å²) in [7, 11) is 0. The second-order valence-electron chi connectivity index (χ2n) is 4.08. The molecular weight excluding hydrogens is 248 g/mol. The van der Waals surface area contributed by atoms with Crippen LogP contribution in [-0.4, -0.2) is 18.4 Å². The van der Waals surface area contributed by atoms with Crippen LogP contribution < -0.4 is 9.75 Å². The highest BCUT2D eigenvalue weighted by molar-refractivity contribution is 5.98. The fourth-order valence-electron chi connectivity index (χ4n) is 2.01. The second-order valence-corrected chi connectivity index (χ2v) is 4.08. The van der Waals surface area contributed by atoms with E-state index in [0.717, 1.165) is 0 Å². The van der Waals surface area contributed by atoms with Crippen LogP contribution in [0.25, 0.3) is 0 Å². The summed E-state index contributed by atoms with van der Waals surface area (Å²) in [6.07, 6.45) is 0.610. The standard InChI is InChI=1S/C13H10N2O4/c16-13(11-6-3-7-18-11)12-8-15(14-17)9-4-1-2-5-10(9)19-12/h1-7,12H,8H2. The van der Waals surface area contributed by atoms with Crippen molar-refractivity contribution in [3.05, 3.63) is 53.3 Å². The zero-order valence-corrected chi connectivity index (χ0v) is 9.85. The van der Waals surface area contributed by atoms with E-state index in [1.54, 1.807) is 36.4 Å². The number of fused-ring (bicyclic) bond motifs is 1. The molecule has 0 N–H and O–H groups in total. The number of carbonyl (C=O) groups is 1. The third-order valence-corrected chi connectivity index (χ3v) is 2.91. The molecule has 0 spiro atoms. The van der Waals surface area contributed by atoms with Crippen molar-refractivity contribution in [2.75, 3.05) is 11.6 Å². The number of nitroso groups, excluding NO2 is 1. The van der Waals surface area contributed by atoms with Crippen molar-refractivity contribution >= 4 is 11.5 Å². The topological polar surface area (TPSA) is 72.1 Å². The summed E-state index contributed by atoms with van der Waals surface area (Å²) in [4.78, 5) is 23.0. The average Bonchev–Trinajstić information content (AvgIpc) is 2.99. The van der Waals surface area contributed by atoms with Gasteiger partial charge >= 0.3 is 0 Å². The van der Waals surface area contributed by atoms with E-state index in [2.05, 4.69) is 5.29 Å². The van der Waals surface area contributed by atoms with E-state index in [1.807, 2.05) is 0 Å². The number of hydrogen-bond donors (Lipinski definition) is 0. The van der Waals surface area contributed by atoms with Crippen molar-refractivity contribution in [2.24, 2.45) is 5.29 Å². The summed E-state index contributed by atoms with van der Waals surface area (Å²) in [6, 6.07) is 10.1. The van der Waals surface area contributed by atoms with Gasteiger partial charge in [0.2, 0.25) is 5.78 Å². The van der Waals surface area contributed by atoms with Gasteiger partial charge in [0.25, 0.3) is 0 Å². The number of Topliss-reactive ketones (excluding diaryl/α,β-unsaturated/α-hetero) is 1. The molecule has 1 aliphatic rings. The second kappa shape index (κ2) is 4.56. The molecule has 2 aromatic rings. The van der Waals surface area contributed by atoms with Crippen LogP contribution in [0.5, 0.6) is 5.75 Å². The van der Waals surface area contributed by atoms with Gasteiger partial charge in [0.15, 0.2) is 11.9 Å².